The lowest BCUT2D eigenvalue weighted by atomic mass is 9.85. The van der Waals surface area contributed by atoms with Gasteiger partial charge in [0.05, 0.1) is 21.8 Å². The zero-order valence-electron chi connectivity index (χ0n) is 15.7. The number of nitrogens with one attached hydrogen (secondary N) is 1. The molecule has 1 saturated carbocycles. The summed E-state index contributed by atoms with van der Waals surface area (Å²) in [5.41, 5.74) is 2.65. The number of carbonyl (C=O) groups is 1. The molecule has 146 valence electrons. The summed E-state index contributed by atoms with van der Waals surface area (Å²) in [5.74, 6) is -0.0463. The number of aryl methyl sites for hydroxylation is 1. The Morgan fingerprint density at radius 2 is 2.04 bits per heavy atom. The first-order chi connectivity index (χ1) is 13.5. The fourth-order valence-corrected chi connectivity index (χ4v) is 4.09. The molecule has 6 nitrogen and oxygen atoms in total. The fraction of sp³-hybridized carbons (Fsp3) is 0.381. The van der Waals surface area contributed by atoms with Crippen LogP contribution in [0.4, 0.5) is 0 Å². The number of oxazole rings is 1. The van der Waals surface area contributed by atoms with Gasteiger partial charge in [0.1, 0.15) is 0 Å². The normalized spacial score (nSPS) is 19.6. The first-order valence-corrected chi connectivity index (χ1v) is 9.90. The highest BCUT2D eigenvalue weighted by Crippen LogP contribution is 2.27. The van der Waals surface area contributed by atoms with Gasteiger partial charge in [-0.15, -0.1) is 0 Å². The van der Waals surface area contributed by atoms with Crippen LogP contribution in [0.15, 0.2) is 45.7 Å². The van der Waals surface area contributed by atoms with Gasteiger partial charge in [0.25, 0.3) is 5.91 Å². The molecule has 2 aromatic heterocycles. The Labute approximate surface area is 167 Å². The van der Waals surface area contributed by atoms with Crippen LogP contribution in [0.1, 0.15) is 41.7 Å². The van der Waals surface area contributed by atoms with E-state index in [1.54, 1.807) is 23.8 Å². The smallest absolute Gasteiger partial charge is 0.408 e. The maximum Gasteiger partial charge on any atom is 0.419 e. The molecule has 2 heterocycles. The van der Waals surface area contributed by atoms with Gasteiger partial charge in [-0.1, -0.05) is 23.7 Å². The standard InChI is InChI=1S/C21H22ClN3O3/c1-13-17(10-15(22)11-23-13)20(26)24-16-8-6-14(7-9-16)12-25-18-4-2-3-5-19(18)28-21(25)27/h2-5,10-11,14,16H,6-9,12H2,1H3,(H,24,26). The third kappa shape index (κ3) is 3.83. The van der Waals surface area contributed by atoms with Crippen molar-refractivity contribution in [2.45, 2.75) is 45.2 Å². The van der Waals surface area contributed by atoms with Crippen LogP contribution in [0, 0.1) is 12.8 Å². The third-order valence-corrected chi connectivity index (χ3v) is 5.70. The Balaban J connectivity index is 1.37. The summed E-state index contributed by atoms with van der Waals surface area (Å²) >= 11 is 5.97. The average molecular weight is 400 g/mol. The minimum Gasteiger partial charge on any atom is -0.408 e. The van der Waals surface area contributed by atoms with E-state index in [-0.39, 0.29) is 17.7 Å². The number of aromatic nitrogens is 2. The van der Waals surface area contributed by atoms with Crippen molar-refractivity contribution in [3.05, 3.63) is 63.4 Å². The van der Waals surface area contributed by atoms with Gasteiger partial charge in [-0.05, 0) is 56.7 Å². The molecule has 0 atom stereocenters. The monoisotopic (exact) mass is 399 g/mol. The molecular formula is C21H22ClN3O3. The van der Waals surface area contributed by atoms with Crippen LogP contribution < -0.4 is 11.1 Å². The van der Waals surface area contributed by atoms with E-state index in [1.807, 2.05) is 24.3 Å². The number of rotatable bonds is 4. The number of carbonyl (C=O) groups excluding carboxylic acids is 1. The van der Waals surface area contributed by atoms with Crippen LogP contribution in [0.25, 0.3) is 11.1 Å². The van der Waals surface area contributed by atoms with Crippen LogP contribution in [0.5, 0.6) is 0 Å². The maximum atomic E-state index is 12.5. The number of amides is 1. The van der Waals surface area contributed by atoms with Gasteiger partial charge >= 0.3 is 5.76 Å². The van der Waals surface area contributed by atoms with Crippen molar-refractivity contribution in [2.75, 3.05) is 0 Å². The second-order valence-corrected chi connectivity index (χ2v) is 7.86. The molecule has 1 amide bonds. The molecular weight excluding hydrogens is 378 g/mol. The molecule has 7 heteroatoms. The summed E-state index contributed by atoms with van der Waals surface area (Å²) < 4.78 is 7.04. The van der Waals surface area contributed by atoms with Gasteiger partial charge in [0.2, 0.25) is 0 Å². The van der Waals surface area contributed by atoms with Crippen molar-refractivity contribution < 1.29 is 9.21 Å². The van der Waals surface area contributed by atoms with Gasteiger partial charge in [0.15, 0.2) is 5.58 Å². The molecule has 0 saturated heterocycles. The van der Waals surface area contributed by atoms with Gasteiger partial charge < -0.3 is 9.73 Å². The van der Waals surface area contributed by atoms with E-state index in [2.05, 4.69) is 10.3 Å². The number of nitrogens with zero attached hydrogens (tertiary/aromatic N) is 2. The first-order valence-electron chi connectivity index (χ1n) is 9.52. The molecule has 1 aliphatic carbocycles. The molecule has 28 heavy (non-hydrogen) atoms. The number of pyridine rings is 1. The molecule has 3 aromatic rings. The number of fused-ring (bicyclic) bond motifs is 1. The molecule has 0 unspecified atom stereocenters. The van der Waals surface area contributed by atoms with E-state index in [4.69, 9.17) is 16.0 Å². The first kappa shape index (κ1) is 18.7. The summed E-state index contributed by atoms with van der Waals surface area (Å²) in [6.45, 7) is 2.45. The van der Waals surface area contributed by atoms with Crippen LogP contribution in [0.2, 0.25) is 5.02 Å². The van der Waals surface area contributed by atoms with Crippen LogP contribution >= 0.6 is 11.6 Å². The lowest BCUT2D eigenvalue weighted by Gasteiger charge is -2.29. The molecule has 0 spiro atoms. The number of hydrogen-bond acceptors (Lipinski definition) is 4. The summed E-state index contributed by atoms with van der Waals surface area (Å²) in [4.78, 5) is 28.9. The highest BCUT2D eigenvalue weighted by atomic mass is 35.5. The van der Waals surface area contributed by atoms with Gasteiger partial charge in [-0.3, -0.25) is 14.3 Å². The second kappa shape index (κ2) is 7.80. The second-order valence-electron chi connectivity index (χ2n) is 7.42. The fourth-order valence-electron chi connectivity index (χ4n) is 3.94. The van der Waals surface area contributed by atoms with Gasteiger partial charge in [-0.2, -0.15) is 0 Å². The Bertz CT molecular complexity index is 1060. The number of benzene rings is 1. The summed E-state index contributed by atoms with van der Waals surface area (Å²) in [6.07, 6.45) is 5.20. The van der Waals surface area contributed by atoms with Gasteiger partial charge in [0, 0.05) is 18.8 Å². The largest absolute Gasteiger partial charge is 0.419 e. The molecule has 0 bridgehead atoms. The van der Waals surface area contributed by atoms with Crippen LogP contribution in [-0.2, 0) is 6.54 Å². The number of hydrogen-bond donors (Lipinski definition) is 1. The molecule has 1 aliphatic rings. The summed E-state index contributed by atoms with van der Waals surface area (Å²) in [6, 6.07) is 9.27. The zero-order chi connectivity index (χ0) is 19.7. The minimum atomic E-state index is -0.305. The van der Waals surface area contributed by atoms with E-state index < -0.39 is 0 Å². The molecule has 1 aromatic carbocycles. The molecule has 1 fully saturated rings. The Morgan fingerprint density at radius 1 is 1.29 bits per heavy atom. The van der Waals surface area contributed by atoms with Crippen LogP contribution in [0.3, 0.4) is 0 Å². The number of halogens is 1. The predicted molar refractivity (Wildman–Crippen MR) is 108 cm³/mol. The van der Waals surface area contributed by atoms with Crippen molar-refractivity contribution in [2.24, 2.45) is 5.92 Å². The third-order valence-electron chi connectivity index (χ3n) is 5.49. The number of para-hydroxylation sites is 2. The van der Waals surface area contributed by atoms with Crippen molar-refractivity contribution in [3.8, 4) is 0 Å². The highest BCUT2D eigenvalue weighted by Gasteiger charge is 2.25. The summed E-state index contributed by atoms with van der Waals surface area (Å²) in [5, 5.41) is 3.55. The molecule has 4 rings (SSSR count). The van der Waals surface area contributed by atoms with E-state index >= 15 is 0 Å². The van der Waals surface area contributed by atoms with E-state index in [0.717, 1.165) is 31.2 Å². The topological polar surface area (TPSA) is 77.1 Å². The van der Waals surface area contributed by atoms with Crippen LogP contribution in [-0.4, -0.2) is 21.5 Å². The lowest BCUT2D eigenvalue weighted by Crippen LogP contribution is -2.38. The SMILES string of the molecule is Cc1ncc(Cl)cc1C(=O)NC1CCC(Cn2c(=O)oc3ccccc32)CC1. The zero-order valence-corrected chi connectivity index (χ0v) is 16.4. The van der Waals surface area contributed by atoms with E-state index in [0.29, 0.717) is 34.3 Å². The van der Waals surface area contributed by atoms with Crippen molar-refractivity contribution in [1.82, 2.24) is 14.9 Å². The molecule has 0 aliphatic heterocycles. The van der Waals surface area contributed by atoms with Crippen molar-refractivity contribution >= 4 is 28.6 Å². The Hall–Kier alpha value is -2.60. The Morgan fingerprint density at radius 3 is 2.82 bits per heavy atom. The lowest BCUT2D eigenvalue weighted by molar-refractivity contribution is 0.0919. The summed E-state index contributed by atoms with van der Waals surface area (Å²) in [7, 11) is 0. The Kier molecular flexibility index (Phi) is 5.22. The van der Waals surface area contributed by atoms with Gasteiger partial charge in [-0.25, -0.2) is 4.79 Å². The quantitative estimate of drug-likeness (QED) is 0.720. The maximum absolute atomic E-state index is 12.5. The van der Waals surface area contributed by atoms with E-state index in [9.17, 15) is 9.59 Å². The molecule has 1 N–H and O–H groups in total. The van der Waals surface area contributed by atoms with Crippen molar-refractivity contribution in [1.29, 1.82) is 0 Å². The molecule has 0 radical (unpaired) electrons. The van der Waals surface area contributed by atoms with E-state index in [1.165, 1.54) is 0 Å². The minimum absolute atomic E-state index is 0.125. The highest BCUT2D eigenvalue weighted by molar-refractivity contribution is 6.30. The average Bonchev–Trinajstić information content (AvgIpc) is 3.00. The predicted octanol–water partition coefficient (Wildman–Crippen LogP) is 3.94. The van der Waals surface area contributed by atoms with Crippen molar-refractivity contribution in [3.63, 3.8) is 0 Å².